The molecule has 1 aliphatic heterocycles. The van der Waals surface area contributed by atoms with Crippen molar-refractivity contribution in [2.24, 2.45) is 7.05 Å². The van der Waals surface area contributed by atoms with E-state index in [1.165, 1.54) is 12.8 Å². The van der Waals surface area contributed by atoms with Gasteiger partial charge in [-0.25, -0.2) is 0 Å². The van der Waals surface area contributed by atoms with Crippen LogP contribution in [0.15, 0.2) is 6.07 Å². The number of ketones is 1. The van der Waals surface area contributed by atoms with E-state index in [0.29, 0.717) is 12.6 Å². The molecule has 0 N–H and O–H groups in total. The molecule has 3 heteroatoms. The summed E-state index contributed by atoms with van der Waals surface area (Å²) in [6.45, 7) is 7.92. The standard InChI is InChI=1S/C14H22N2O/c1-10-6-5-7-16(10)9-14(17)13-8-11(2)15(4)12(13)3/h8,10H,5-7,9H2,1-4H3. The van der Waals surface area contributed by atoms with Crippen molar-refractivity contribution in [3.63, 3.8) is 0 Å². The summed E-state index contributed by atoms with van der Waals surface area (Å²) < 4.78 is 2.08. The van der Waals surface area contributed by atoms with Crippen LogP contribution >= 0.6 is 0 Å². The van der Waals surface area contributed by atoms with Crippen LogP contribution in [0.25, 0.3) is 0 Å². The van der Waals surface area contributed by atoms with Gasteiger partial charge in [0.05, 0.1) is 6.54 Å². The van der Waals surface area contributed by atoms with E-state index < -0.39 is 0 Å². The van der Waals surface area contributed by atoms with Crippen LogP contribution in [0.3, 0.4) is 0 Å². The van der Waals surface area contributed by atoms with E-state index in [1.54, 1.807) is 0 Å². The predicted octanol–water partition coefficient (Wildman–Crippen LogP) is 2.31. The van der Waals surface area contributed by atoms with E-state index in [0.717, 1.165) is 23.5 Å². The number of hydrogen-bond acceptors (Lipinski definition) is 2. The monoisotopic (exact) mass is 234 g/mol. The van der Waals surface area contributed by atoms with Gasteiger partial charge in [0.15, 0.2) is 5.78 Å². The molecule has 3 nitrogen and oxygen atoms in total. The van der Waals surface area contributed by atoms with Gasteiger partial charge < -0.3 is 4.57 Å². The fraction of sp³-hybridized carbons (Fsp3) is 0.643. The van der Waals surface area contributed by atoms with Crippen molar-refractivity contribution >= 4 is 5.78 Å². The Hall–Kier alpha value is -1.09. The normalized spacial score (nSPS) is 21.1. The molecule has 0 aliphatic carbocycles. The van der Waals surface area contributed by atoms with Gasteiger partial charge in [-0.15, -0.1) is 0 Å². The van der Waals surface area contributed by atoms with Gasteiger partial charge in [0.25, 0.3) is 0 Å². The maximum Gasteiger partial charge on any atom is 0.178 e. The lowest BCUT2D eigenvalue weighted by molar-refractivity contribution is 0.0925. The third kappa shape index (κ3) is 2.29. The summed E-state index contributed by atoms with van der Waals surface area (Å²) in [4.78, 5) is 14.6. The van der Waals surface area contributed by atoms with E-state index in [2.05, 4.69) is 16.4 Å². The van der Waals surface area contributed by atoms with Crippen molar-refractivity contribution in [2.75, 3.05) is 13.1 Å². The molecular formula is C14H22N2O. The maximum atomic E-state index is 12.3. The number of rotatable bonds is 3. The zero-order chi connectivity index (χ0) is 12.6. The van der Waals surface area contributed by atoms with Gasteiger partial charge in [0.1, 0.15) is 0 Å². The molecular weight excluding hydrogens is 212 g/mol. The number of likely N-dealkylation sites (tertiary alicyclic amines) is 1. The van der Waals surface area contributed by atoms with Crippen molar-refractivity contribution in [3.8, 4) is 0 Å². The molecule has 1 aromatic rings. The van der Waals surface area contributed by atoms with Crippen molar-refractivity contribution < 1.29 is 4.79 Å². The van der Waals surface area contributed by atoms with Gasteiger partial charge in [-0.3, -0.25) is 9.69 Å². The SMILES string of the molecule is Cc1cc(C(=O)CN2CCCC2C)c(C)n1C. The Morgan fingerprint density at radius 1 is 1.47 bits per heavy atom. The molecule has 1 unspecified atom stereocenters. The highest BCUT2D eigenvalue weighted by molar-refractivity contribution is 5.99. The topological polar surface area (TPSA) is 25.2 Å². The van der Waals surface area contributed by atoms with Gasteiger partial charge in [-0.1, -0.05) is 0 Å². The van der Waals surface area contributed by atoms with E-state index in [9.17, 15) is 4.79 Å². The highest BCUT2D eigenvalue weighted by atomic mass is 16.1. The maximum absolute atomic E-state index is 12.3. The number of hydrogen-bond donors (Lipinski definition) is 0. The molecule has 0 saturated carbocycles. The van der Waals surface area contributed by atoms with Gasteiger partial charge in [-0.2, -0.15) is 0 Å². The average Bonchev–Trinajstić information content (AvgIpc) is 2.79. The van der Waals surface area contributed by atoms with Crippen LogP contribution in [0, 0.1) is 13.8 Å². The van der Waals surface area contributed by atoms with Crippen LogP contribution in [-0.2, 0) is 7.05 Å². The molecule has 0 spiro atoms. The summed E-state index contributed by atoms with van der Waals surface area (Å²) in [5, 5.41) is 0. The Morgan fingerprint density at radius 2 is 2.18 bits per heavy atom. The van der Waals surface area contributed by atoms with Crippen molar-refractivity contribution in [3.05, 3.63) is 23.0 Å². The Balaban J connectivity index is 2.12. The second-order valence-corrected chi connectivity index (χ2v) is 5.23. The van der Waals surface area contributed by atoms with Crippen molar-refractivity contribution in [2.45, 2.75) is 39.7 Å². The first kappa shape index (κ1) is 12.4. The third-order valence-corrected chi connectivity index (χ3v) is 4.11. The van der Waals surface area contributed by atoms with E-state index in [1.807, 2.05) is 27.0 Å². The minimum absolute atomic E-state index is 0.264. The van der Waals surface area contributed by atoms with Crippen LogP contribution in [0.5, 0.6) is 0 Å². The predicted molar refractivity (Wildman–Crippen MR) is 69.5 cm³/mol. The second-order valence-electron chi connectivity index (χ2n) is 5.23. The molecule has 1 aromatic heterocycles. The minimum Gasteiger partial charge on any atom is -0.351 e. The van der Waals surface area contributed by atoms with Crippen LogP contribution in [-0.4, -0.2) is 34.4 Å². The Labute approximate surface area is 103 Å². The lowest BCUT2D eigenvalue weighted by Gasteiger charge is -2.19. The molecule has 1 atom stereocenters. The molecule has 0 aromatic carbocycles. The van der Waals surface area contributed by atoms with Gasteiger partial charge in [-0.05, 0) is 46.2 Å². The first-order chi connectivity index (χ1) is 8.00. The van der Waals surface area contributed by atoms with E-state index in [4.69, 9.17) is 0 Å². The Bertz CT molecular complexity index is 434. The first-order valence-corrected chi connectivity index (χ1v) is 6.41. The molecule has 0 radical (unpaired) electrons. The molecule has 1 saturated heterocycles. The summed E-state index contributed by atoms with van der Waals surface area (Å²) in [5.74, 6) is 0.264. The minimum atomic E-state index is 0.264. The highest BCUT2D eigenvalue weighted by Crippen LogP contribution is 2.19. The van der Waals surface area contributed by atoms with Crippen LogP contribution < -0.4 is 0 Å². The molecule has 94 valence electrons. The number of aryl methyl sites for hydroxylation is 1. The lowest BCUT2D eigenvalue weighted by atomic mass is 10.1. The van der Waals surface area contributed by atoms with Gasteiger partial charge >= 0.3 is 0 Å². The molecule has 0 bridgehead atoms. The summed E-state index contributed by atoms with van der Waals surface area (Å²) >= 11 is 0. The number of carbonyl (C=O) groups excluding carboxylic acids is 1. The van der Waals surface area contributed by atoms with E-state index >= 15 is 0 Å². The zero-order valence-corrected chi connectivity index (χ0v) is 11.3. The van der Waals surface area contributed by atoms with Crippen LogP contribution in [0.1, 0.15) is 41.5 Å². The Kier molecular flexibility index (Phi) is 3.38. The fourth-order valence-electron chi connectivity index (χ4n) is 2.63. The summed E-state index contributed by atoms with van der Waals surface area (Å²) in [7, 11) is 2.01. The molecule has 1 aliphatic rings. The Morgan fingerprint density at radius 3 is 2.65 bits per heavy atom. The molecule has 1 fully saturated rings. The lowest BCUT2D eigenvalue weighted by Crippen LogP contribution is -2.32. The zero-order valence-electron chi connectivity index (χ0n) is 11.3. The first-order valence-electron chi connectivity index (χ1n) is 6.41. The molecule has 0 amide bonds. The molecule has 2 rings (SSSR count). The number of aromatic nitrogens is 1. The van der Waals surface area contributed by atoms with Crippen molar-refractivity contribution in [1.29, 1.82) is 0 Å². The summed E-state index contributed by atoms with van der Waals surface area (Å²) in [6, 6.07) is 2.57. The van der Waals surface area contributed by atoms with Crippen LogP contribution in [0.4, 0.5) is 0 Å². The molecule has 17 heavy (non-hydrogen) atoms. The number of carbonyl (C=O) groups is 1. The summed E-state index contributed by atoms with van der Waals surface area (Å²) in [6.07, 6.45) is 2.45. The third-order valence-electron chi connectivity index (χ3n) is 4.11. The number of Topliss-reactive ketones (excluding diaryl/α,β-unsaturated/α-hetero) is 1. The molecule has 2 heterocycles. The van der Waals surface area contributed by atoms with Crippen molar-refractivity contribution in [1.82, 2.24) is 9.47 Å². The van der Waals surface area contributed by atoms with Gasteiger partial charge in [0, 0.05) is 30.0 Å². The van der Waals surface area contributed by atoms with E-state index in [-0.39, 0.29) is 5.78 Å². The highest BCUT2D eigenvalue weighted by Gasteiger charge is 2.24. The summed E-state index contributed by atoms with van der Waals surface area (Å²) in [5.41, 5.74) is 3.13. The number of nitrogens with zero attached hydrogens (tertiary/aromatic N) is 2. The largest absolute Gasteiger partial charge is 0.351 e. The smallest absolute Gasteiger partial charge is 0.178 e. The van der Waals surface area contributed by atoms with Gasteiger partial charge in [0.2, 0.25) is 0 Å². The van der Waals surface area contributed by atoms with Crippen LogP contribution in [0.2, 0.25) is 0 Å². The quantitative estimate of drug-likeness (QED) is 0.750. The fourth-order valence-corrected chi connectivity index (χ4v) is 2.63. The average molecular weight is 234 g/mol. The second kappa shape index (κ2) is 4.65.